The lowest BCUT2D eigenvalue weighted by Crippen LogP contribution is -2.21. The van der Waals surface area contributed by atoms with E-state index in [1.165, 1.54) is 23.6 Å². The number of pyridine rings is 1. The third-order valence-electron chi connectivity index (χ3n) is 2.64. The number of rotatable bonds is 5. The summed E-state index contributed by atoms with van der Waals surface area (Å²) in [6, 6.07) is 1.32. The van der Waals surface area contributed by atoms with Crippen molar-refractivity contribution in [3.63, 3.8) is 0 Å². The molecule has 0 aromatic carbocycles. The molecule has 0 fully saturated rings. The van der Waals surface area contributed by atoms with E-state index in [2.05, 4.69) is 15.3 Å². The minimum atomic E-state index is -0.446. The van der Waals surface area contributed by atoms with Gasteiger partial charge in [0.1, 0.15) is 15.8 Å². The molecule has 0 spiro atoms. The summed E-state index contributed by atoms with van der Waals surface area (Å²) in [4.78, 5) is 19.9. The third-order valence-corrected chi connectivity index (χ3v) is 4.88. The van der Waals surface area contributed by atoms with Crippen molar-refractivity contribution in [2.45, 2.75) is 6.92 Å². The van der Waals surface area contributed by atoms with Gasteiger partial charge in [-0.1, -0.05) is 29.9 Å². The SMILES string of the molecule is CSCC(C)C(=O)Nc1sc(-c2cncc(F)c2)nc1Cl. The summed E-state index contributed by atoms with van der Waals surface area (Å²) < 4.78 is 13.2. The molecule has 0 aliphatic heterocycles. The number of aromatic nitrogens is 2. The minimum Gasteiger partial charge on any atom is -0.315 e. The Kier molecular flexibility index (Phi) is 5.55. The Balaban J connectivity index is 2.18. The Morgan fingerprint density at radius 2 is 2.33 bits per heavy atom. The summed E-state index contributed by atoms with van der Waals surface area (Å²) in [5.74, 6) is 0.0393. The van der Waals surface area contributed by atoms with Gasteiger partial charge in [-0.05, 0) is 12.3 Å². The maximum absolute atomic E-state index is 13.2. The van der Waals surface area contributed by atoms with Crippen LogP contribution in [0, 0.1) is 11.7 Å². The number of hydrogen-bond donors (Lipinski definition) is 1. The summed E-state index contributed by atoms with van der Waals surface area (Å²) in [6.45, 7) is 1.85. The molecular formula is C13H13ClFN3OS2. The molecule has 2 aromatic rings. The molecule has 0 radical (unpaired) electrons. The molecule has 21 heavy (non-hydrogen) atoms. The van der Waals surface area contributed by atoms with E-state index in [9.17, 15) is 9.18 Å². The quantitative estimate of drug-likeness (QED) is 0.891. The number of amides is 1. The molecule has 1 amide bonds. The highest BCUT2D eigenvalue weighted by Crippen LogP contribution is 2.35. The molecule has 2 rings (SSSR count). The lowest BCUT2D eigenvalue weighted by molar-refractivity contribution is -0.118. The van der Waals surface area contributed by atoms with Crippen molar-refractivity contribution in [2.75, 3.05) is 17.3 Å². The number of nitrogens with zero attached hydrogens (tertiary/aromatic N) is 2. The van der Waals surface area contributed by atoms with Gasteiger partial charge in [-0.3, -0.25) is 9.78 Å². The first-order valence-corrected chi connectivity index (χ1v) is 8.67. The predicted octanol–water partition coefficient (Wildman–Crippen LogP) is 3.94. The van der Waals surface area contributed by atoms with Gasteiger partial charge in [0.15, 0.2) is 5.15 Å². The van der Waals surface area contributed by atoms with Crippen molar-refractivity contribution >= 4 is 45.6 Å². The third kappa shape index (κ3) is 4.15. The highest BCUT2D eigenvalue weighted by atomic mass is 35.5. The van der Waals surface area contributed by atoms with Crippen molar-refractivity contribution in [3.05, 3.63) is 29.4 Å². The smallest absolute Gasteiger partial charge is 0.228 e. The highest BCUT2D eigenvalue weighted by molar-refractivity contribution is 7.98. The van der Waals surface area contributed by atoms with Gasteiger partial charge in [-0.2, -0.15) is 11.8 Å². The Morgan fingerprint density at radius 3 is 3.00 bits per heavy atom. The molecular weight excluding hydrogens is 333 g/mol. The molecule has 0 aliphatic carbocycles. The average molecular weight is 346 g/mol. The molecule has 0 aliphatic rings. The van der Waals surface area contributed by atoms with Crippen LogP contribution in [0.25, 0.3) is 10.6 Å². The number of hydrogen-bond acceptors (Lipinski definition) is 5. The molecule has 0 saturated carbocycles. The second-order valence-electron chi connectivity index (χ2n) is 4.38. The van der Waals surface area contributed by atoms with Crippen molar-refractivity contribution in [3.8, 4) is 10.6 Å². The number of anilines is 1. The Morgan fingerprint density at radius 1 is 1.57 bits per heavy atom. The van der Waals surface area contributed by atoms with E-state index in [4.69, 9.17) is 11.6 Å². The molecule has 1 unspecified atom stereocenters. The molecule has 112 valence electrons. The molecule has 0 bridgehead atoms. The van der Waals surface area contributed by atoms with E-state index < -0.39 is 5.82 Å². The summed E-state index contributed by atoms with van der Waals surface area (Å²) in [5.41, 5.74) is 0.527. The molecule has 0 saturated heterocycles. The van der Waals surface area contributed by atoms with Crippen molar-refractivity contribution < 1.29 is 9.18 Å². The van der Waals surface area contributed by atoms with Gasteiger partial charge in [-0.15, -0.1) is 0 Å². The Hall–Kier alpha value is -1.18. The summed E-state index contributed by atoms with van der Waals surface area (Å²) in [7, 11) is 0. The van der Waals surface area contributed by atoms with Crippen LogP contribution >= 0.6 is 34.7 Å². The topological polar surface area (TPSA) is 54.9 Å². The molecule has 1 atom stereocenters. The largest absolute Gasteiger partial charge is 0.315 e. The van der Waals surface area contributed by atoms with Gasteiger partial charge < -0.3 is 5.32 Å². The average Bonchev–Trinajstić information content (AvgIpc) is 2.80. The van der Waals surface area contributed by atoms with Crippen LogP contribution in [0.4, 0.5) is 9.39 Å². The van der Waals surface area contributed by atoms with Crippen LogP contribution in [-0.2, 0) is 4.79 Å². The van der Waals surface area contributed by atoms with Gasteiger partial charge in [0.05, 0.1) is 6.20 Å². The number of thioether (sulfide) groups is 1. The Bertz CT molecular complexity index is 650. The second kappa shape index (κ2) is 7.20. The maximum atomic E-state index is 13.2. The number of halogens is 2. The lowest BCUT2D eigenvalue weighted by atomic mass is 10.2. The lowest BCUT2D eigenvalue weighted by Gasteiger charge is -2.08. The van der Waals surface area contributed by atoms with E-state index in [-0.39, 0.29) is 17.0 Å². The second-order valence-corrected chi connectivity index (χ2v) is 6.64. The summed E-state index contributed by atoms with van der Waals surface area (Å²) in [6.07, 6.45) is 4.56. The molecule has 1 N–H and O–H groups in total. The fraction of sp³-hybridized carbons (Fsp3) is 0.308. The summed E-state index contributed by atoms with van der Waals surface area (Å²) in [5, 5.41) is 3.94. The van der Waals surface area contributed by atoms with Gasteiger partial charge >= 0.3 is 0 Å². The molecule has 4 nitrogen and oxygen atoms in total. The van der Waals surface area contributed by atoms with E-state index in [0.717, 1.165) is 11.9 Å². The van der Waals surface area contributed by atoms with E-state index in [1.54, 1.807) is 11.8 Å². The van der Waals surface area contributed by atoms with Crippen LogP contribution in [-0.4, -0.2) is 27.9 Å². The predicted molar refractivity (Wildman–Crippen MR) is 86.5 cm³/mol. The zero-order valence-electron chi connectivity index (χ0n) is 11.4. The first kappa shape index (κ1) is 16.2. The zero-order valence-corrected chi connectivity index (χ0v) is 13.8. The monoisotopic (exact) mass is 345 g/mol. The zero-order chi connectivity index (χ0) is 15.4. The van der Waals surface area contributed by atoms with Gasteiger partial charge in [0, 0.05) is 23.4 Å². The van der Waals surface area contributed by atoms with Crippen molar-refractivity contribution in [1.29, 1.82) is 0 Å². The van der Waals surface area contributed by atoms with Gasteiger partial charge in [0.25, 0.3) is 0 Å². The van der Waals surface area contributed by atoms with Gasteiger partial charge in [-0.25, -0.2) is 9.37 Å². The Labute approximate surface area is 135 Å². The highest BCUT2D eigenvalue weighted by Gasteiger charge is 2.17. The van der Waals surface area contributed by atoms with Crippen LogP contribution in [0.1, 0.15) is 6.92 Å². The first-order chi connectivity index (χ1) is 10.0. The van der Waals surface area contributed by atoms with Crippen molar-refractivity contribution in [2.24, 2.45) is 5.92 Å². The normalized spacial score (nSPS) is 12.2. The molecule has 2 heterocycles. The fourth-order valence-corrected chi connectivity index (χ4v) is 3.38. The van der Waals surface area contributed by atoms with Crippen molar-refractivity contribution in [1.82, 2.24) is 9.97 Å². The van der Waals surface area contributed by atoms with Crippen LogP contribution in [0.3, 0.4) is 0 Å². The number of nitrogens with one attached hydrogen (secondary N) is 1. The van der Waals surface area contributed by atoms with E-state index >= 15 is 0 Å². The van der Waals surface area contributed by atoms with Crippen LogP contribution in [0.15, 0.2) is 18.5 Å². The number of carbonyl (C=O) groups excluding carboxylic acids is 1. The molecule has 8 heteroatoms. The van der Waals surface area contributed by atoms with Crippen LogP contribution in [0.2, 0.25) is 5.15 Å². The van der Waals surface area contributed by atoms with Gasteiger partial charge in [0.2, 0.25) is 5.91 Å². The van der Waals surface area contributed by atoms with Crippen LogP contribution < -0.4 is 5.32 Å². The first-order valence-electron chi connectivity index (χ1n) is 6.08. The number of carbonyl (C=O) groups is 1. The minimum absolute atomic E-state index is 0.112. The fourth-order valence-electron chi connectivity index (χ4n) is 1.59. The number of thiazole rings is 1. The van der Waals surface area contributed by atoms with E-state index in [1.807, 2.05) is 13.2 Å². The van der Waals surface area contributed by atoms with E-state index in [0.29, 0.717) is 15.6 Å². The standard InChI is InChI=1S/C13H13ClFN3OS2/c1-7(6-20-2)11(19)18-13-10(14)17-12(21-13)8-3-9(15)5-16-4-8/h3-5,7H,6H2,1-2H3,(H,18,19). The maximum Gasteiger partial charge on any atom is 0.228 e. The molecule has 2 aromatic heterocycles. The van der Waals surface area contributed by atoms with Crippen LogP contribution in [0.5, 0.6) is 0 Å². The summed E-state index contributed by atoms with van der Waals surface area (Å²) >= 11 is 8.82.